The van der Waals surface area contributed by atoms with E-state index in [0.29, 0.717) is 18.1 Å². The molecule has 6 heteroatoms. The molecule has 1 heterocycles. The lowest BCUT2D eigenvalue weighted by atomic mass is 10.1. The number of nitrogens with one attached hydrogen (secondary N) is 1. The molecule has 5 nitrogen and oxygen atoms in total. The van der Waals surface area contributed by atoms with Gasteiger partial charge in [0.05, 0.1) is 6.54 Å². The van der Waals surface area contributed by atoms with Crippen LogP contribution in [-0.2, 0) is 11.3 Å². The molecule has 1 aromatic heterocycles. The number of amides is 1. The zero-order valence-electron chi connectivity index (χ0n) is 13.8. The molecular weight excluding hydrogens is 429 g/mol. The number of nitrogens with zero attached hydrogens (tertiary/aromatic N) is 2. The quantitative estimate of drug-likeness (QED) is 0.584. The van der Waals surface area contributed by atoms with Crippen LogP contribution in [0.1, 0.15) is 11.1 Å². The third-order valence-corrected chi connectivity index (χ3v) is 4.28. The maximum absolute atomic E-state index is 12.0. The number of carbonyl (C=O) groups is 1. The molecule has 1 amide bonds. The summed E-state index contributed by atoms with van der Waals surface area (Å²) in [5.41, 5.74) is 2.39. The average Bonchev–Trinajstić information content (AvgIpc) is 3.03. The van der Waals surface area contributed by atoms with E-state index in [1.807, 2.05) is 30.5 Å². The van der Waals surface area contributed by atoms with Gasteiger partial charge in [-0.25, -0.2) is 0 Å². The average molecular weight is 447 g/mol. The van der Waals surface area contributed by atoms with Crippen LogP contribution in [-0.4, -0.2) is 22.3 Å². The SMILES string of the molecule is Cc1ccc(Cn2ccc(NC(=O)COc3ccc(I)cc3)n2)cc1. The van der Waals surface area contributed by atoms with E-state index in [1.54, 1.807) is 10.7 Å². The second-order valence-electron chi connectivity index (χ2n) is 5.67. The smallest absolute Gasteiger partial charge is 0.263 e. The Bertz CT molecular complexity index is 842. The zero-order chi connectivity index (χ0) is 17.6. The van der Waals surface area contributed by atoms with Crippen LogP contribution in [0.5, 0.6) is 5.75 Å². The van der Waals surface area contributed by atoms with Crippen LogP contribution in [0.4, 0.5) is 5.82 Å². The summed E-state index contributed by atoms with van der Waals surface area (Å²) in [5.74, 6) is 0.947. The van der Waals surface area contributed by atoms with Gasteiger partial charge in [0.2, 0.25) is 0 Å². The molecule has 0 unspecified atom stereocenters. The van der Waals surface area contributed by atoms with Gasteiger partial charge in [0.1, 0.15) is 5.75 Å². The molecule has 0 aliphatic carbocycles. The predicted octanol–water partition coefficient (Wildman–Crippen LogP) is 3.86. The van der Waals surface area contributed by atoms with Crippen molar-refractivity contribution in [3.05, 3.63) is 75.5 Å². The van der Waals surface area contributed by atoms with Gasteiger partial charge >= 0.3 is 0 Å². The first-order chi connectivity index (χ1) is 12.1. The zero-order valence-corrected chi connectivity index (χ0v) is 15.9. The highest BCUT2D eigenvalue weighted by molar-refractivity contribution is 14.1. The van der Waals surface area contributed by atoms with Crippen molar-refractivity contribution in [3.8, 4) is 5.75 Å². The summed E-state index contributed by atoms with van der Waals surface area (Å²) in [6.07, 6.45) is 1.84. The Hall–Kier alpha value is -2.35. The van der Waals surface area contributed by atoms with Gasteiger partial charge in [-0.2, -0.15) is 5.10 Å². The topological polar surface area (TPSA) is 56.2 Å². The van der Waals surface area contributed by atoms with Gasteiger partial charge in [0.25, 0.3) is 5.91 Å². The Morgan fingerprint density at radius 3 is 2.56 bits per heavy atom. The fraction of sp³-hybridized carbons (Fsp3) is 0.158. The first-order valence-corrected chi connectivity index (χ1v) is 8.93. The van der Waals surface area contributed by atoms with Crippen molar-refractivity contribution in [2.24, 2.45) is 0 Å². The van der Waals surface area contributed by atoms with Crippen LogP contribution in [0.3, 0.4) is 0 Å². The molecule has 1 N–H and O–H groups in total. The number of carbonyl (C=O) groups excluding carboxylic acids is 1. The summed E-state index contributed by atoms with van der Waals surface area (Å²) >= 11 is 2.22. The Labute approximate surface area is 160 Å². The maximum Gasteiger partial charge on any atom is 0.263 e. The lowest BCUT2D eigenvalue weighted by Crippen LogP contribution is -2.20. The normalized spacial score (nSPS) is 10.5. The molecule has 0 bridgehead atoms. The standard InChI is InChI=1S/C19H18IN3O2/c1-14-2-4-15(5-3-14)12-23-11-10-18(22-23)21-19(24)13-25-17-8-6-16(20)7-9-17/h2-11H,12-13H2,1H3,(H,21,22,24). The molecule has 0 atom stereocenters. The molecule has 0 spiro atoms. The summed E-state index contributed by atoms with van der Waals surface area (Å²) in [6, 6.07) is 17.6. The van der Waals surface area contributed by atoms with E-state index < -0.39 is 0 Å². The van der Waals surface area contributed by atoms with Crippen molar-refractivity contribution < 1.29 is 9.53 Å². The summed E-state index contributed by atoms with van der Waals surface area (Å²) in [6.45, 7) is 2.67. The van der Waals surface area contributed by atoms with Crippen molar-refractivity contribution in [1.29, 1.82) is 0 Å². The third kappa shape index (κ3) is 5.32. The maximum atomic E-state index is 12.0. The minimum Gasteiger partial charge on any atom is -0.484 e. The van der Waals surface area contributed by atoms with E-state index in [-0.39, 0.29) is 12.5 Å². The lowest BCUT2D eigenvalue weighted by Gasteiger charge is -2.06. The summed E-state index contributed by atoms with van der Waals surface area (Å²) in [4.78, 5) is 12.0. The second kappa shape index (κ2) is 8.15. The molecule has 0 saturated carbocycles. The van der Waals surface area contributed by atoms with Crippen molar-refractivity contribution >= 4 is 34.3 Å². The van der Waals surface area contributed by atoms with Crippen molar-refractivity contribution in [1.82, 2.24) is 9.78 Å². The van der Waals surface area contributed by atoms with Crippen molar-refractivity contribution in [2.45, 2.75) is 13.5 Å². The molecule has 2 aromatic carbocycles. The first-order valence-electron chi connectivity index (χ1n) is 7.86. The third-order valence-electron chi connectivity index (χ3n) is 3.56. The van der Waals surface area contributed by atoms with Crippen LogP contribution < -0.4 is 10.1 Å². The van der Waals surface area contributed by atoms with E-state index in [9.17, 15) is 4.79 Å². The number of aryl methyl sites for hydroxylation is 1. The highest BCUT2D eigenvalue weighted by atomic mass is 127. The highest BCUT2D eigenvalue weighted by Crippen LogP contribution is 2.13. The number of rotatable bonds is 6. The van der Waals surface area contributed by atoms with E-state index in [0.717, 1.165) is 9.13 Å². The number of hydrogen-bond donors (Lipinski definition) is 1. The number of hydrogen-bond acceptors (Lipinski definition) is 3. The molecular formula is C19H18IN3O2. The van der Waals surface area contributed by atoms with Gasteiger partial charge in [0.15, 0.2) is 12.4 Å². The lowest BCUT2D eigenvalue weighted by molar-refractivity contribution is -0.118. The highest BCUT2D eigenvalue weighted by Gasteiger charge is 2.06. The van der Waals surface area contributed by atoms with Gasteiger partial charge in [-0.3, -0.25) is 9.48 Å². The van der Waals surface area contributed by atoms with Gasteiger partial charge < -0.3 is 10.1 Å². The summed E-state index contributed by atoms with van der Waals surface area (Å²) in [5, 5.41) is 7.10. The van der Waals surface area contributed by atoms with Crippen molar-refractivity contribution in [3.63, 3.8) is 0 Å². The Balaban J connectivity index is 1.51. The predicted molar refractivity (Wildman–Crippen MR) is 106 cm³/mol. The van der Waals surface area contributed by atoms with E-state index in [1.165, 1.54) is 5.56 Å². The Kier molecular flexibility index (Phi) is 5.70. The molecule has 0 saturated heterocycles. The van der Waals surface area contributed by atoms with Crippen LogP contribution in [0.2, 0.25) is 0 Å². The van der Waals surface area contributed by atoms with Gasteiger partial charge in [0, 0.05) is 15.8 Å². The van der Waals surface area contributed by atoms with Gasteiger partial charge in [-0.15, -0.1) is 0 Å². The van der Waals surface area contributed by atoms with Crippen LogP contribution in [0.25, 0.3) is 0 Å². The minimum atomic E-state index is -0.237. The van der Waals surface area contributed by atoms with Crippen LogP contribution >= 0.6 is 22.6 Å². The summed E-state index contributed by atoms with van der Waals surface area (Å²) in [7, 11) is 0. The van der Waals surface area contributed by atoms with E-state index in [4.69, 9.17) is 4.74 Å². The Morgan fingerprint density at radius 2 is 1.84 bits per heavy atom. The largest absolute Gasteiger partial charge is 0.484 e. The van der Waals surface area contributed by atoms with Gasteiger partial charge in [-0.05, 0) is 59.3 Å². The van der Waals surface area contributed by atoms with Crippen molar-refractivity contribution in [2.75, 3.05) is 11.9 Å². The number of anilines is 1. The number of aromatic nitrogens is 2. The van der Waals surface area contributed by atoms with E-state index in [2.05, 4.69) is 64.2 Å². The minimum absolute atomic E-state index is 0.0502. The molecule has 0 radical (unpaired) electrons. The monoisotopic (exact) mass is 447 g/mol. The molecule has 25 heavy (non-hydrogen) atoms. The molecule has 3 aromatic rings. The second-order valence-corrected chi connectivity index (χ2v) is 6.92. The summed E-state index contributed by atoms with van der Waals surface area (Å²) < 4.78 is 8.37. The first kappa shape index (κ1) is 17.5. The molecule has 128 valence electrons. The fourth-order valence-corrected chi connectivity index (χ4v) is 2.62. The Morgan fingerprint density at radius 1 is 1.12 bits per heavy atom. The molecule has 0 fully saturated rings. The van der Waals surface area contributed by atoms with Gasteiger partial charge in [-0.1, -0.05) is 29.8 Å². The molecule has 3 rings (SSSR count). The number of ether oxygens (including phenoxy) is 1. The molecule has 0 aliphatic rings. The number of halogens is 1. The fourth-order valence-electron chi connectivity index (χ4n) is 2.26. The molecule has 0 aliphatic heterocycles. The number of benzene rings is 2. The van der Waals surface area contributed by atoms with E-state index >= 15 is 0 Å². The van der Waals surface area contributed by atoms with Crippen LogP contribution in [0, 0.1) is 10.5 Å². The van der Waals surface area contributed by atoms with Crippen LogP contribution in [0.15, 0.2) is 60.8 Å².